The lowest BCUT2D eigenvalue weighted by Crippen LogP contribution is -2.45. The zero-order valence-electron chi connectivity index (χ0n) is 16.7. The first-order valence-corrected chi connectivity index (χ1v) is 12.5. The summed E-state index contributed by atoms with van der Waals surface area (Å²) in [6, 6.07) is 6.50. The largest absolute Gasteiger partial charge is 0.352 e. The molecule has 1 aliphatic heterocycles. The molecule has 0 aromatic heterocycles. The quantitative estimate of drug-likeness (QED) is 0.699. The van der Waals surface area contributed by atoms with Crippen molar-refractivity contribution in [1.29, 1.82) is 0 Å². The molecule has 8 nitrogen and oxygen atoms in total. The maximum absolute atomic E-state index is 12.7. The Morgan fingerprint density at radius 2 is 1.82 bits per heavy atom. The van der Waals surface area contributed by atoms with Gasteiger partial charge in [-0.3, -0.25) is 4.79 Å². The van der Waals surface area contributed by atoms with E-state index in [2.05, 4.69) is 10.0 Å². The molecule has 2 rings (SSSR count). The van der Waals surface area contributed by atoms with E-state index in [9.17, 15) is 21.6 Å². The zero-order valence-corrected chi connectivity index (χ0v) is 18.4. The minimum Gasteiger partial charge on any atom is -0.352 e. The van der Waals surface area contributed by atoms with Crippen LogP contribution in [0.2, 0.25) is 0 Å². The number of piperidine rings is 1. The molecule has 1 amide bonds. The number of benzene rings is 1. The lowest BCUT2D eigenvalue weighted by atomic mass is 9.99. The van der Waals surface area contributed by atoms with Crippen LogP contribution in [-0.2, 0) is 31.4 Å². The Hall–Kier alpha value is -1.49. The van der Waals surface area contributed by atoms with Gasteiger partial charge in [0.1, 0.15) is 0 Å². The van der Waals surface area contributed by atoms with Gasteiger partial charge in [0.25, 0.3) is 0 Å². The van der Waals surface area contributed by atoms with Crippen LogP contribution in [0.5, 0.6) is 0 Å². The van der Waals surface area contributed by atoms with E-state index in [1.807, 2.05) is 0 Å². The maximum atomic E-state index is 12.7. The number of hydrogen-bond acceptors (Lipinski definition) is 5. The smallest absolute Gasteiger partial charge is 0.241 e. The molecule has 0 radical (unpaired) electrons. The molecule has 1 heterocycles. The third-order valence-corrected chi connectivity index (χ3v) is 7.51. The van der Waals surface area contributed by atoms with E-state index in [1.54, 1.807) is 39.0 Å². The summed E-state index contributed by atoms with van der Waals surface area (Å²) in [6.07, 6.45) is 2.35. The fraction of sp³-hybridized carbons (Fsp3) is 0.611. The van der Waals surface area contributed by atoms with Crippen LogP contribution in [-0.4, -0.2) is 51.9 Å². The molecule has 28 heavy (non-hydrogen) atoms. The molecule has 1 aliphatic rings. The molecule has 1 atom stereocenters. The van der Waals surface area contributed by atoms with E-state index in [0.717, 1.165) is 6.26 Å². The fourth-order valence-corrected chi connectivity index (χ4v) is 5.73. The zero-order chi connectivity index (χ0) is 21.2. The Morgan fingerprint density at radius 1 is 1.18 bits per heavy atom. The summed E-state index contributed by atoms with van der Waals surface area (Å²) in [7, 11) is -7.08. The molecule has 0 bridgehead atoms. The topological polar surface area (TPSA) is 113 Å². The molecular formula is C18H29N3O5S2. The van der Waals surface area contributed by atoms with Gasteiger partial charge in [0.05, 0.1) is 17.1 Å². The first-order valence-electron chi connectivity index (χ1n) is 9.14. The molecule has 1 saturated heterocycles. The van der Waals surface area contributed by atoms with Crippen molar-refractivity contribution in [1.82, 2.24) is 14.3 Å². The van der Waals surface area contributed by atoms with Crippen molar-refractivity contribution in [3.05, 3.63) is 29.8 Å². The number of carbonyl (C=O) groups excluding carboxylic acids is 1. The molecule has 1 aromatic carbocycles. The highest BCUT2D eigenvalue weighted by molar-refractivity contribution is 7.89. The molecule has 158 valence electrons. The number of carbonyl (C=O) groups is 1. The van der Waals surface area contributed by atoms with Crippen LogP contribution in [0.25, 0.3) is 0 Å². The minimum absolute atomic E-state index is 0.0510. The average molecular weight is 432 g/mol. The summed E-state index contributed by atoms with van der Waals surface area (Å²) in [5, 5.41) is 2.76. The summed E-state index contributed by atoms with van der Waals surface area (Å²) in [6.45, 7) is 5.89. The van der Waals surface area contributed by atoms with Gasteiger partial charge in [-0.1, -0.05) is 18.2 Å². The average Bonchev–Trinajstić information content (AvgIpc) is 2.57. The lowest BCUT2D eigenvalue weighted by molar-refractivity contribution is -0.126. The van der Waals surface area contributed by atoms with E-state index in [-0.39, 0.29) is 23.9 Å². The van der Waals surface area contributed by atoms with Gasteiger partial charge in [0, 0.05) is 25.2 Å². The van der Waals surface area contributed by atoms with Gasteiger partial charge in [-0.2, -0.15) is 0 Å². The highest BCUT2D eigenvalue weighted by Gasteiger charge is 2.30. The Bertz CT molecular complexity index is 921. The molecular weight excluding hydrogens is 402 g/mol. The Labute approximate surface area is 167 Å². The SMILES string of the molecule is CC(C)(C)NS(=O)(=O)c1ccccc1CNC(=O)C1CCCN(S(C)(=O)=O)C1. The van der Waals surface area contributed by atoms with Gasteiger partial charge in [-0.05, 0) is 45.2 Å². The molecule has 1 unspecified atom stereocenters. The minimum atomic E-state index is -3.74. The van der Waals surface area contributed by atoms with Gasteiger partial charge in [-0.25, -0.2) is 25.9 Å². The van der Waals surface area contributed by atoms with Gasteiger partial charge >= 0.3 is 0 Å². The van der Waals surface area contributed by atoms with Crippen LogP contribution in [0.4, 0.5) is 0 Å². The van der Waals surface area contributed by atoms with Crippen LogP contribution >= 0.6 is 0 Å². The monoisotopic (exact) mass is 431 g/mol. The van der Waals surface area contributed by atoms with Crippen molar-refractivity contribution >= 4 is 26.0 Å². The highest BCUT2D eigenvalue weighted by Crippen LogP contribution is 2.20. The van der Waals surface area contributed by atoms with E-state index in [4.69, 9.17) is 0 Å². The Balaban J connectivity index is 2.10. The molecule has 2 N–H and O–H groups in total. The second-order valence-corrected chi connectivity index (χ2v) is 11.8. The number of hydrogen-bond donors (Lipinski definition) is 2. The number of amides is 1. The highest BCUT2D eigenvalue weighted by atomic mass is 32.2. The van der Waals surface area contributed by atoms with E-state index < -0.39 is 31.5 Å². The summed E-state index contributed by atoms with van der Waals surface area (Å²) in [5.41, 5.74) is -0.157. The molecule has 1 fully saturated rings. The summed E-state index contributed by atoms with van der Waals surface area (Å²) >= 11 is 0. The van der Waals surface area contributed by atoms with Gasteiger partial charge < -0.3 is 5.32 Å². The van der Waals surface area contributed by atoms with E-state index in [0.29, 0.717) is 24.9 Å². The van der Waals surface area contributed by atoms with Crippen LogP contribution < -0.4 is 10.0 Å². The molecule has 0 spiro atoms. The van der Waals surface area contributed by atoms with Crippen LogP contribution in [0.1, 0.15) is 39.2 Å². The normalized spacial score (nSPS) is 19.4. The van der Waals surface area contributed by atoms with Crippen molar-refractivity contribution in [2.75, 3.05) is 19.3 Å². The van der Waals surface area contributed by atoms with Crippen LogP contribution in [0.15, 0.2) is 29.2 Å². The summed E-state index contributed by atoms with van der Waals surface area (Å²) in [4.78, 5) is 12.7. The van der Waals surface area contributed by atoms with E-state index in [1.165, 1.54) is 10.4 Å². The Morgan fingerprint density at radius 3 is 2.43 bits per heavy atom. The predicted octanol–water partition coefficient (Wildman–Crippen LogP) is 1.05. The lowest BCUT2D eigenvalue weighted by Gasteiger charge is -2.30. The van der Waals surface area contributed by atoms with Crippen molar-refractivity contribution in [3.63, 3.8) is 0 Å². The predicted molar refractivity (Wildman–Crippen MR) is 108 cm³/mol. The second-order valence-electron chi connectivity index (χ2n) is 8.14. The van der Waals surface area contributed by atoms with Crippen LogP contribution in [0, 0.1) is 5.92 Å². The maximum Gasteiger partial charge on any atom is 0.241 e. The molecule has 0 aliphatic carbocycles. The first-order chi connectivity index (χ1) is 12.8. The first kappa shape index (κ1) is 22.8. The molecule has 10 heteroatoms. The standard InChI is InChI=1S/C18H29N3O5S2/c1-18(2,3)20-28(25,26)16-10-6-5-8-14(16)12-19-17(22)15-9-7-11-21(13-15)27(4,23)24/h5-6,8,10,15,20H,7,9,11-13H2,1-4H3,(H,19,22). The third-order valence-electron chi connectivity index (χ3n) is 4.38. The molecule has 0 saturated carbocycles. The van der Waals surface area contributed by atoms with Crippen molar-refractivity contribution in [2.45, 2.75) is 50.6 Å². The van der Waals surface area contributed by atoms with Gasteiger partial charge in [0.2, 0.25) is 26.0 Å². The van der Waals surface area contributed by atoms with E-state index >= 15 is 0 Å². The molecule has 1 aromatic rings. The number of nitrogens with zero attached hydrogens (tertiary/aromatic N) is 1. The third kappa shape index (κ3) is 6.26. The van der Waals surface area contributed by atoms with Gasteiger partial charge in [-0.15, -0.1) is 0 Å². The number of sulfonamides is 2. The second kappa shape index (κ2) is 8.48. The summed E-state index contributed by atoms with van der Waals surface area (Å²) in [5.74, 6) is -0.718. The van der Waals surface area contributed by atoms with Crippen molar-refractivity contribution in [2.24, 2.45) is 5.92 Å². The number of nitrogens with one attached hydrogen (secondary N) is 2. The Kier molecular flexibility index (Phi) is 6.90. The van der Waals surface area contributed by atoms with Crippen molar-refractivity contribution < 1.29 is 21.6 Å². The van der Waals surface area contributed by atoms with Gasteiger partial charge in [0.15, 0.2) is 0 Å². The van der Waals surface area contributed by atoms with Crippen molar-refractivity contribution in [3.8, 4) is 0 Å². The summed E-state index contributed by atoms with van der Waals surface area (Å²) < 4.78 is 52.7. The van der Waals surface area contributed by atoms with Crippen LogP contribution in [0.3, 0.4) is 0 Å². The fourth-order valence-electron chi connectivity index (χ4n) is 3.15. The number of rotatable bonds is 6.